The number of piperidine rings is 1. The van der Waals surface area contributed by atoms with Crippen LogP contribution in [0.25, 0.3) is 11.0 Å². The molecular weight excluding hydrogens is 390 g/mol. The van der Waals surface area contributed by atoms with Crippen LogP contribution in [0.3, 0.4) is 0 Å². The van der Waals surface area contributed by atoms with E-state index in [9.17, 15) is 4.79 Å². The van der Waals surface area contributed by atoms with E-state index in [1.165, 1.54) is 11.5 Å². The third-order valence-corrected chi connectivity index (χ3v) is 6.73. The number of nitrogens with zero attached hydrogens (tertiary/aromatic N) is 4. The summed E-state index contributed by atoms with van der Waals surface area (Å²) in [4.78, 5) is 27.8. The fourth-order valence-electron chi connectivity index (χ4n) is 5.10. The van der Waals surface area contributed by atoms with Gasteiger partial charge in [-0.2, -0.15) is 0 Å². The van der Waals surface area contributed by atoms with Gasteiger partial charge < -0.3 is 19.2 Å². The third-order valence-electron chi connectivity index (χ3n) is 6.73. The van der Waals surface area contributed by atoms with Crippen molar-refractivity contribution < 1.29 is 9.53 Å². The predicted octanol–water partition coefficient (Wildman–Crippen LogP) is 3.76. The largest absolute Gasteiger partial charge is 0.381 e. The summed E-state index contributed by atoms with van der Waals surface area (Å²) in [6.45, 7) is 5.38. The number of amides is 1. The van der Waals surface area contributed by atoms with Crippen molar-refractivity contribution in [2.45, 2.75) is 57.4 Å². The number of imidazole rings is 2. The summed E-state index contributed by atoms with van der Waals surface area (Å²) in [5.41, 5.74) is 3.18. The van der Waals surface area contributed by atoms with E-state index in [4.69, 9.17) is 9.72 Å². The van der Waals surface area contributed by atoms with E-state index in [2.05, 4.69) is 21.5 Å². The van der Waals surface area contributed by atoms with Gasteiger partial charge in [0.2, 0.25) is 5.91 Å². The van der Waals surface area contributed by atoms with Gasteiger partial charge in [0.1, 0.15) is 11.6 Å². The van der Waals surface area contributed by atoms with E-state index in [0.717, 1.165) is 68.8 Å². The highest BCUT2D eigenvalue weighted by Gasteiger charge is 2.29. The van der Waals surface area contributed by atoms with Crippen molar-refractivity contribution in [2.75, 3.05) is 26.3 Å². The predicted molar refractivity (Wildman–Crippen MR) is 119 cm³/mol. The standard InChI is InChI=1S/C24H31N5O2/c1-17-15-25-24(18-10-13-31-14-11-18)29(17)19-5-4-12-28(16-19)23(30)9-8-22-26-20-6-2-3-7-21(20)27-22/h2-3,6-7,15,18-19H,4-5,8-14,16H2,1H3,(H,26,27). The first-order chi connectivity index (χ1) is 15.2. The van der Waals surface area contributed by atoms with Gasteiger partial charge in [-0.15, -0.1) is 0 Å². The number of fused-ring (bicyclic) bond motifs is 1. The highest BCUT2D eigenvalue weighted by Crippen LogP contribution is 2.32. The van der Waals surface area contributed by atoms with Crippen LogP contribution in [0.4, 0.5) is 0 Å². The molecule has 2 saturated heterocycles. The van der Waals surface area contributed by atoms with E-state index in [0.29, 0.717) is 24.8 Å². The molecule has 2 aliphatic heterocycles. The zero-order valence-electron chi connectivity index (χ0n) is 18.2. The van der Waals surface area contributed by atoms with Gasteiger partial charge in [0.25, 0.3) is 0 Å². The van der Waals surface area contributed by atoms with Gasteiger partial charge in [0, 0.05) is 57.0 Å². The maximum Gasteiger partial charge on any atom is 0.223 e. The van der Waals surface area contributed by atoms with Crippen molar-refractivity contribution in [1.82, 2.24) is 24.4 Å². The first-order valence-electron chi connectivity index (χ1n) is 11.5. The number of aromatic nitrogens is 4. The fraction of sp³-hybridized carbons (Fsp3) is 0.542. The summed E-state index contributed by atoms with van der Waals surface area (Å²) in [6, 6.07) is 8.31. The lowest BCUT2D eigenvalue weighted by molar-refractivity contribution is -0.132. The molecule has 2 aromatic heterocycles. The van der Waals surface area contributed by atoms with Crippen molar-refractivity contribution in [1.29, 1.82) is 0 Å². The second-order valence-electron chi connectivity index (χ2n) is 8.85. The Kier molecular flexibility index (Phi) is 5.76. The Morgan fingerprint density at radius 1 is 1.23 bits per heavy atom. The number of hydrogen-bond acceptors (Lipinski definition) is 4. The lowest BCUT2D eigenvalue weighted by Gasteiger charge is -2.36. The number of para-hydroxylation sites is 2. The highest BCUT2D eigenvalue weighted by atomic mass is 16.5. The van der Waals surface area contributed by atoms with Crippen LogP contribution in [-0.4, -0.2) is 56.6 Å². The van der Waals surface area contributed by atoms with Crippen LogP contribution in [0, 0.1) is 6.92 Å². The van der Waals surface area contributed by atoms with Crippen molar-refractivity contribution >= 4 is 16.9 Å². The zero-order valence-corrected chi connectivity index (χ0v) is 18.2. The smallest absolute Gasteiger partial charge is 0.223 e. The molecule has 1 amide bonds. The second-order valence-corrected chi connectivity index (χ2v) is 8.85. The van der Waals surface area contributed by atoms with Crippen molar-refractivity contribution in [3.63, 3.8) is 0 Å². The van der Waals surface area contributed by atoms with Crippen LogP contribution in [0.5, 0.6) is 0 Å². The number of nitrogens with one attached hydrogen (secondary N) is 1. The maximum absolute atomic E-state index is 13.0. The summed E-state index contributed by atoms with van der Waals surface area (Å²) in [7, 11) is 0. The van der Waals surface area contributed by atoms with E-state index in [1.54, 1.807) is 0 Å². The highest BCUT2D eigenvalue weighted by molar-refractivity contribution is 5.77. The van der Waals surface area contributed by atoms with Gasteiger partial charge in [-0.3, -0.25) is 4.79 Å². The topological polar surface area (TPSA) is 76.0 Å². The average molecular weight is 422 g/mol. The SMILES string of the molecule is Cc1cnc(C2CCOCC2)n1C1CCCN(C(=O)CCc2nc3ccccc3[nH]2)C1. The van der Waals surface area contributed by atoms with Crippen LogP contribution in [-0.2, 0) is 16.0 Å². The first-order valence-corrected chi connectivity index (χ1v) is 11.5. The lowest BCUT2D eigenvalue weighted by atomic mass is 9.97. The van der Waals surface area contributed by atoms with Crippen LogP contribution < -0.4 is 0 Å². The Morgan fingerprint density at radius 2 is 2.06 bits per heavy atom. The van der Waals surface area contributed by atoms with Gasteiger partial charge in [-0.1, -0.05) is 12.1 Å². The molecule has 164 valence electrons. The number of rotatable bonds is 5. The molecule has 3 aromatic rings. The summed E-state index contributed by atoms with van der Waals surface area (Å²) in [5.74, 6) is 2.75. The number of aromatic amines is 1. The monoisotopic (exact) mass is 421 g/mol. The minimum atomic E-state index is 0.218. The summed E-state index contributed by atoms with van der Waals surface area (Å²) >= 11 is 0. The number of hydrogen-bond donors (Lipinski definition) is 1. The van der Waals surface area contributed by atoms with Gasteiger partial charge in [0.15, 0.2) is 0 Å². The van der Waals surface area contributed by atoms with E-state index < -0.39 is 0 Å². The van der Waals surface area contributed by atoms with Crippen molar-refractivity contribution in [2.24, 2.45) is 0 Å². The van der Waals surface area contributed by atoms with Crippen LogP contribution >= 0.6 is 0 Å². The minimum absolute atomic E-state index is 0.218. The molecule has 7 nitrogen and oxygen atoms in total. The molecule has 2 fully saturated rings. The number of carbonyl (C=O) groups is 1. The molecule has 1 unspecified atom stereocenters. The fourth-order valence-corrected chi connectivity index (χ4v) is 5.10. The van der Waals surface area contributed by atoms with Crippen LogP contribution in [0.2, 0.25) is 0 Å². The van der Waals surface area contributed by atoms with Gasteiger partial charge in [-0.05, 0) is 44.7 Å². The summed E-state index contributed by atoms with van der Waals surface area (Å²) in [5, 5.41) is 0. The molecule has 5 rings (SSSR count). The first kappa shape index (κ1) is 20.2. The normalized spacial score (nSPS) is 20.4. The second kappa shape index (κ2) is 8.83. The van der Waals surface area contributed by atoms with Crippen LogP contribution in [0.15, 0.2) is 30.5 Å². The van der Waals surface area contributed by atoms with E-state index in [1.807, 2.05) is 35.4 Å². The van der Waals surface area contributed by atoms with Gasteiger partial charge in [0.05, 0.1) is 17.1 Å². The molecule has 0 radical (unpaired) electrons. The van der Waals surface area contributed by atoms with E-state index in [-0.39, 0.29) is 5.91 Å². The molecule has 0 aliphatic carbocycles. The molecular formula is C24H31N5O2. The average Bonchev–Trinajstić information content (AvgIpc) is 3.41. The van der Waals surface area contributed by atoms with E-state index >= 15 is 0 Å². The number of carbonyl (C=O) groups excluding carboxylic acids is 1. The lowest BCUT2D eigenvalue weighted by Crippen LogP contribution is -2.41. The Morgan fingerprint density at radius 3 is 2.90 bits per heavy atom. The molecule has 1 N–H and O–H groups in total. The van der Waals surface area contributed by atoms with Gasteiger partial charge >= 0.3 is 0 Å². The Bertz CT molecular complexity index is 1020. The third kappa shape index (κ3) is 4.24. The number of H-pyrrole nitrogens is 1. The molecule has 0 spiro atoms. The van der Waals surface area contributed by atoms with Gasteiger partial charge in [-0.25, -0.2) is 9.97 Å². The molecule has 7 heteroatoms. The Labute approximate surface area is 182 Å². The van der Waals surface area contributed by atoms with Crippen LogP contribution in [0.1, 0.15) is 61.4 Å². The quantitative estimate of drug-likeness (QED) is 0.681. The molecule has 4 heterocycles. The molecule has 2 aliphatic rings. The summed E-state index contributed by atoms with van der Waals surface area (Å²) < 4.78 is 7.96. The Hall–Kier alpha value is -2.67. The Balaban J connectivity index is 1.25. The molecule has 1 atom stereocenters. The number of likely N-dealkylation sites (tertiary alicyclic amines) is 1. The molecule has 31 heavy (non-hydrogen) atoms. The van der Waals surface area contributed by atoms with Crippen molar-refractivity contribution in [3.05, 3.63) is 47.8 Å². The number of aryl methyl sites for hydroxylation is 2. The maximum atomic E-state index is 13.0. The molecule has 0 saturated carbocycles. The number of benzene rings is 1. The number of ether oxygens (including phenoxy) is 1. The zero-order chi connectivity index (χ0) is 21.2. The minimum Gasteiger partial charge on any atom is -0.381 e. The molecule has 1 aromatic carbocycles. The summed E-state index contributed by atoms with van der Waals surface area (Å²) in [6.07, 6.45) is 7.32. The van der Waals surface area contributed by atoms with Crippen molar-refractivity contribution in [3.8, 4) is 0 Å². The molecule has 0 bridgehead atoms.